The van der Waals surface area contributed by atoms with Gasteiger partial charge in [-0.2, -0.15) is 0 Å². The molecule has 0 saturated carbocycles. The molecule has 5 atom stereocenters. The molecule has 0 radical (unpaired) electrons. The molecule has 1 heterocycles. The number of ether oxygens (including phenoxy) is 4. The maximum atomic E-state index is 11.9. The molecule has 1 aliphatic heterocycles. The summed E-state index contributed by atoms with van der Waals surface area (Å²) in [5.41, 5.74) is 2.95. The van der Waals surface area contributed by atoms with E-state index in [0.717, 1.165) is 16.7 Å². The van der Waals surface area contributed by atoms with Crippen LogP contribution in [-0.2, 0) is 48.1 Å². The van der Waals surface area contributed by atoms with Gasteiger partial charge in [-0.15, -0.1) is 0 Å². The molecular weight excluding hydrogens is 479 g/mol. The van der Waals surface area contributed by atoms with Gasteiger partial charge in [-0.05, 0) is 16.7 Å². The van der Waals surface area contributed by atoms with E-state index in [4.69, 9.17) is 23.5 Å². The lowest BCUT2D eigenvalue weighted by Crippen LogP contribution is -2.54. The number of rotatable bonds is 11. The molecule has 36 heavy (non-hydrogen) atoms. The molecule has 1 unspecified atom stereocenters. The predicted molar refractivity (Wildman–Crippen MR) is 136 cm³/mol. The number of carbonyl (C=O) groups is 1. The SMILES string of the molecule is CC(=O)O[C@@H]1[C@@H](OCc2ccccc2)[C@H](OCc2ccccc2)[C@@H](COCc2ccccc2)OP1O. The second kappa shape index (κ2) is 13.6. The maximum Gasteiger partial charge on any atom is 0.303 e. The lowest BCUT2D eigenvalue weighted by molar-refractivity contribution is -0.189. The average Bonchev–Trinajstić information content (AvgIpc) is 2.90. The molecule has 1 saturated heterocycles. The highest BCUT2D eigenvalue weighted by atomic mass is 31.2. The minimum absolute atomic E-state index is 0.172. The van der Waals surface area contributed by atoms with Crippen molar-refractivity contribution in [2.24, 2.45) is 0 Å². The fourth-order valence-electron chi connectivity index (χ4n) is 3.95. The fraction of sp³-hybridized carbons (Fsp3) is 0.321. The molecule has 0 bridgehead atoms. The minimum Gasteiger partial charge on any atom is -0.450 e. The minimum atomic E-state index is -2.14. The van der Waals surface area contributed by atoms with Gasteiger partial charge in [0, 0.05) is 6.92 Å². The lowest BCUT2D eigenvalue weighted by Gasteiger charge is -2.43. The molecule has 7 nitrogen and oxygen atoms in total. The van der Waals surface area contributed by atoms with Crippen LogP contribution in [0.25, 0.3) is 0 Å². The maximum absolute atomic E-state index is 11.9. The van der Waals surface area contributed by atoms with E-state index < -0.39 is 38.5 Å². The Kier molecular flexibility index (Phi) is 9.99. The van der Waals surface area contributed by atoms with E-state index in [1.807, 2.05) is 91.0 Å². The summed E-state index contributed by atoms with van der Waals surface area (Å²) in [5, 5.41) is 0. The number of esters is 1. The van der Waals surface area contributed by atoms with Crippen LogP contribution in [0.3, 0.4) is 0 Å². The van der Waals surface area contributed by atoms with E-state index in [1.165, 1.54) is 6.92 Å². The van der Waals surface area contributed by atoms with Gasteiger partial charge in [0.1, 0.15) is 18.3 Å². The first-order valence-electron chi connectivity index (χ1n) is 11.8. The summed E-state index contributed by atoms with van der Waals surface area (Å²) in [6.45, 7) is 2.41. The highest BCUT2D eigenvalue weighted by molar-refractivity contribution is 7.47. The molecule has 0 amide bonds. The number of benzene rings is 3. The highest BCUT2D eigenvalue weighted by Gasteiger charge is 2.49. The molecule has 0 spiro atoms. The first-order valence-corrected chi connectivity index (χ1v) is 13.1. The molecule has 8 heteroatoms. The normalized spacial score (nSPS) is 23.8. The van der Waals surface area contributed by atoms with Crippen LogP contribution in [0.4, 0.5) is 0 Å². The molecule has 4 rings (SSSR count). The van der Waals surface area contributed by atoms with Crippen LogP contribution < -0.4 is 0 Å². The quantitative estimate of drug-likeness (QED) is 0.288. The molecule has 1 N–H and O–H groups in total. The zero-order chi connectivity index (χ0) is 25.2. The second-order valence-electron chi connectivity index (χ2n) is 8.47. The first-order chi connectivity index (χ1) is 17.6. The van der Waals surface area contributed by atoms with Crippen molar-refractivity contribution in [2.45, 2.75) is 50.9 Å². The van der Waals surface area contributed by atoms with Crippen LogP contribution in [0.2, 0.25) is 0 Å². The number of carbonyl (C=O) groups excluding carboxylic acids is 1. The topological polar surface area (TPSA) is 83.5 Å². The molecule has 1 aliphatic rings. The third-order valence-electron chi connectivity index (χ3n) is 5.68. The molecule has 3 aromatic rings. The van der Waals surface area contributed by atoms with Crippen molar-refractivity contribution >= 4 is 14.3 Å². The predicted octanol–water partition coefficient (Wildman–Crippen LogP) is 4.97. The van der Waals surface area contributed by atoms with Gasteiger partial charge in [-0.3, -0.25) is 4.79 Å². The van der Waals surface area contributed by atoms with Crippen molar-refractivity contribution in [1.29, 1.82) is 0 Å². The van der Waals surface area contributed by atoms with E-state index >= 15 is 0 Å². The molecule has 1 fully saturated rings. The van der Waals surface area contributed by atoms with Gasteiger partial charge in [0.15, 0.2) is 5.85 Å². The van der Waals surface area contributed by atoms with E-state index in [2.05, 4.69) is 0 Å². The van der Waals surface area contributed by atoms with Crippen molar-refractivity contribution in [1.82, 2.24) is 0 Å². The van der Waals surface area contributed by atoms with Crippen LogP contribution >= 0.6 is 8.38 Å². The summed E-state index contributed by atoms with van der Waals surface area (Å²) < 4.78 is 30.0. The van der Waals surface area contributed by atoms with Crippen LogP contribution in [0.5, 0.6) is 0 Å². The van der Waals surface area contributed by atoms with Crippen LogP contribution in [0.15, 0.2) is 91.0 Å². The Hall–Kier alpha value is -2.64. The Morgan fingerprint density at radius 1 is 0.778 bits per heavy atom. The van der Waals surface area contributed by atoms with Gasteiger partial charge < -0.3 is 28.4 Å². The van der Waals surface area contributed by atoms with Crippen molar-refractivity contribution in [3.05, 3.63) is 108 Å². The second-order valence-corrected chi connectivity index (χ2v) is 9.79. The Balaban J connectivity index is 1.53. The monoisotopic (exact) mass is 510 g/mol. The number of hydrogen-bond donors (Lipinski definition) is 1. The summed E-state index contributed by atoms with van der Waals surface area (Å²) in [4.78, 5) is 22.7. The van der Waals surface area contributed by atoms with Crippen molar-refractivity contribution < 1.29 is 33.2 Å². The summed E-state index contributed by atoms with van der Waals surface area (Å²) in [7, 11) is -2.14. The molecule has 0 aromatic heterocycles. The van der Waals surface area contributed by atoms with Crippen molar-refractivity contribution in [2.75, 3.05) is 6.61 Å². The summed E-state index contributed by atoms with van der Waals surface area (Å²) >= 11 is 0. The standard InChI is InChI=1S/C28H31O7P/c1-21(29)34-28-27(33-19-24-15-9-4-10-16-24)26(32-18-23-13-7-3-8-14-23)25(35-36(28)30)20-31-17-22-11-5-2-6-12-22/h2-16,25-28,30H,17-20H2,1H3/t25-,26-,27+,28+,36?/m1/s1. The van der Waals surface area contributed by atoms with Gasteiger partial charge in [0.05, 0.1) is 26.4 Å². The van der Waals surface area contributed by atoms with Gasteiger partial charge in [0.25, 0.3) is 0 Å². The number of hydrogen-bond acceptors (Lipinski definition) is 7. The Morgan fingerprint density at radius 2 is 1.25 bits per heavy atom. The Bertz CT molecular complexity index is 1050. The highest BCUT2D eigenvalue weighted by Crippen LogP contribution is 2.49. The van der Waals surface area contributed by atoms with Gasteiger partial charge in [0.2, 0.25) is 8.38 Å². The van der Waals surface area contributed by atoms with Gasteiger partial charge >= 0.3 is 5.97 Å². The zero-order valence-corrected chi connectivity index (χ0v) is 21.0. The summed E-state index contributed by atoms with van der Waals surface area (Å²) in [5.74, 6) is -1.52. The van der Waals surface area contributed by atoms with E-state index in [0.29, 0.717) is 13.2 Å². The van der Waals surface area contributed by atoms with Gasteiger partial charge in [-0.1, -0.05) is 91.0 Å². The fourth-order valence-corrected chi connectivity index (χ4v) is 5.27. The van der Waals surface area contributed by atoms with Crippen LogP contribution in [0.1, 0.15) is 23.6 Å². The first kappa shape index (κ1) is 26.4. The smallest absolute Gasteiger partial charge is 0.303 e. The van der Waals surface area contributed by atoms with Crippen LogP contribution in [0, 0.1) is 0 Å². The Labute approximate surface area is 212 Å². The molecular formula is C28H31O7P. The van der Waals surface area contributed by atoms with E-state index in [9.17, 15) is 9.69 Å². The molecule has 190 valence electrons. The summed E-state index contributed by atoms with van der Waals surface area (Å²) in [6, 6.07) is 29.2. The zero-order valence-electron chi connectivity index (χ0n) is 20.1. The van der Waals surface area contributed by atoms with E-state index in [-0.39, 0.29) is 13.2 Å². The lowest BCUT2D eigenvalue weighted by atomic mass is 10.1. The van der Waals surface area contributed by atoms with Crippen molar-refractivity contribution in [3.8, 4) is 0 Å². The third-order valence-corrected chi connectivity index (χ3v) is 7.00. The van der Waals surface area contributed by atoms with Gasteiger partial charge in [-0.25, -0.2) is 0 Å². The summed E-state index contributed by atoms with van der Waals surface area (Å²) in [6.07, 6.45) is -2.03. The van der Waals surface area contributed by atoms with Crippen LogP contribution in [-0.4, -0.2) is 41.6 Å². The van der Waals surface area contributed by atoms with E-state index in [1.54, 1.807) is 0 Å². The average molecular weight is 511 g/mol. The Morgan fingerprint density at radius 3 is 1.75 bits per heavy atom. The van der Waals surface area contributed by atoms with Crippen molar-refractivity contribution in [3.63, 3.8) is 0 Å². The third kappa shape index (κ3) is 7.68. The molecule has 0 aliphatic carbocycles. The largest absolute Gasteiger partial charge is 0.450 e. The molecule has 3 aromatic carbocycles.